The Labute approximate surface area is 160 Å². The molecule has 0 aliphatic heterocycles. The maximum atomic E-state index is 2.29. The maximum Gasteiger partial charge on any atom is 0.0950 e. The molecular formula is C23H24S2. The Kier molecular flexibility index (Phi) is 5.93. The van der Waals surface area contributed by atoms with Gasteiger partial charge in [0.2, 0.25) is 0 Å². The van der Waals surface area contributed by atoms with Gasteiger partial charge in [-0.25, -0.2) is 0 Å². The van der Waals surface area contributed by atoms with Gasteiger partial charge in [-0.1, -0.05) is 72.6 Å². The van der Waals surface area contributed by atoms with Gasteiger partial charge in [0, 0.05) is 9.79 Å². The van der Waals surface area contributed by atoms with Gasteiger partial charge in [0.25, 0.3) is 0 Å². The highest BCUT2D eigenvalue weighted by Gasteiger charge is 2.33. The lowest BCUT2D eigenvalue weighted by molar-refractivity contribution is 0.830. The van der Waals surface area contributed by atoms with Gasteiger partial charge >= 0.3 is 0 Å². The third-order valence-corrected chi connectivity index (χ3v) is 7.51. The zero-order valence-electron chi connectivity index (χ0n) is 15.0. The molecule has 0 amide bonds. The van der Waals surface area contributed by atoms with Gasteiger partial charge in [0.05, 0.1) is 4.08 Å². The highest BCUT2D eigenvalue weighted by Crippen LogP contribution is 2.55. The molecule has 0 aliphatic rings. The first-order valence-corrected chi connectivity index (χ1v) is 10.3. The van der Waals surface area contributed by atoms with Crippen LogP contribution in [0.4, 0.5) is 0 Å². The van der Waals surface area contributed by atoms with Gasteiger partial charge < -0.3 is 0 Å². The Balaban J connectivity index is 1.99. The van der Waals surface area contributed by atoms with E-state index in [1.165, 1.54) is 26.5 Å². The van der Waals surface area contributed by atoms with Crippen LogP contribution in [0.15, 0.2) is 88.7 Å². The van der Waals surface area contributed by atoms with Gasteiger partial charge in [-0.2, -0.15) is 0 Å². The molecule has 0 N–H and O–H groups in total. The van der Waals surface area contributed by atoms with E-state index in [1.54, 1.807) is 0 Å². The van der Waals surface area contributed by atoms with Crippen molar-refractivity contribution in [1.29, 1.82) is 0 Å². The van der Waals surface area contributed by atoms with Gasteiger partial charge in [-0.05, 0) is 50.1 Å². The Morgan fingerprint density at radius 1 is 0.640 bits per heavy atom. The van der Waals surface area contributed by atoms with Crippen molar-refractivity contribution >= 4 is 23.5 Å². The zero-order valence-corrected chi connectivity index (χ0v) is 16.7. The van der Waals surface area contributed by atoms with Crippen molar-refractivity contribution in [3.8, 4) is 0 Å². The van der Waals surface area contributed by atoms with Crippen LogP contribution in [0.3, 0.4) is 0 Å². The molecule has 0 bridgehead atoms. The van der Waals surface area contributed by atoms with Crippen LogP contribution in [0.1, 0.15) is 30.0 Å². The van der Waals surface area contributed by atoms with E-state index in [4.69, 9.17) is 0 Å². The van der Waals surface area contributed by atoms with Gasteiger partial charge in [-0.3, -0.25) is 0 Å². The third-order valence-electron chi connectivity index (χ3n) is 4.29. The summed E-state index contributed by atoms with van der Waals surface area (Å²) in [7, 11) is 0. The van der Waals surface area contributed by atoms with Crippen LogP contribution in [0, 0.1) is 13.8 Å². The average molecular weight is 365 g/mol. The number of thioether (sulfide) groups is 2. The third kappa shape index (κ3) is 4.50. The second-order valence-electron chi connectivity index (χ2n) is 6.30. The SMILES string of the molecule is CCC(Sc1ccc(C)cc1)(Sc1ccc(C)cc1)c1ccccc1. The number of hydrogen-bond donors (Lipinski definition) is 0. The smallest absolute Gasteiger partial charge is 0.0950 e. The second kappa shape index (κ2) is 8.16. The first-order valence-electron chi connectivity index (χ1n) is 8.68. The van der Waals surface area contributed by atoms with Crippen LogP contribution in [0.2, 0.25) is 0 Å². The number of hydrogen-bond acceptors (Lipinski definition) is 2. The topological polar surface area (TPSA) is 0 Å². The summed E-state index contributed by atoms with van der Waals surface area (Å²) in [4.78, 5) is 2.63. The lowest BCUT2D eigenvalue weighted by Gasteiger charge is -2.32. The number of rotatable bonds is 6. The Morgan fingerprint density at radius 3 is 1.48 bits per heavy atom. The van der Waals surface area contributed by atoms with Crippen molar-refractivity contribution in [1.82, 2.24) is 0 Å². The van der Waals surface area contributed by atoms with E-state index in [1.807, 2.05) is 23.5 Å². The molecule has 0 spiro atoms. The largest absolute Gasteiger partial charge is 0.103 e. The monoisotopic (exact) mass is 364 g/mol. The van der Waals surface area contributed by atoms with Crippen molar-refractivity contribution in [3.05, 3.63) is 95.6 Å². The van der Waals surface area contributed by atoms with Crippen molar-refractivity contribution in [2.24, 2.45) is 0 Å². The summed E-state index contributed by atoms with van der Waals surface area (Å²) in [5.41, 5.74) is 3.98. The highest BCUT2D eigenvalue weighted by molar-refractivity contribution is 8.17. The summed E-state index contributed by atoms with van der Waals surface area (Å²) in [6.07, 6.45) is 1.05. The van der Waals surface area contributed by atoms with Crippen molar-refractivity contribution in [3.63, 3.8) is 0 Å². The molecule has 0 atom stereocenters. The van der Waals surface area contributed by atoms with E-state index < -0.39 is 0 Å². The Morgan fingerprint density at radius 2 is 1.08 bits per heavy atom. The first kappa shape index (κ1) is 18.2. The number of benzene rings is 3. The molecule has 0 unspecified atom stereocenters. The van der Waals surface area contributed by atoms with E-state index in [-0.39, 0.29) is 4.08 Å². The van der Waals surface area contributed by atoms with E-state index in [2.05, 4.69) is 99.6 Å². The zero-order chi connectivity index (χ0) is 17.7. The first-order chi connectivity index (χ1) is 12.1. The molecule has 0 saturated carbocycles. The van der Waals surface area contributed by atoms with E-state index in [0.717, 1.165) is 6.42 Å². The summed E-state index contributed by atoms with van der Waals surface area (Å²) in [6.45, 7) is 6.56. The minimum atomic E-state index is -0.0359. The number of aryl methyl sites for hydroxylation is 2. The standard InChI is InChI=1S/C23H24S2/c1-4-23(20-8-6-5-7-9-20,24-21-14-10-18(2)11-15-21)25-22-16-12-19(3)13-17-22/h5-17H,4H2,1-3H3. The molecule has 2 heteroatoms. The minimum absolute atomic E-state index is 0.0359. The Bertz CT molecular complexity index is 742. The van der Waals surface area contributed by atoms with Crippen LogP contribution >= 0.6 is 23.5 Å². The molecule has 25 heavy (non-hydrogen) atoms. The summed E-state index contributed by atoms with van der Waals surface area (Å²) in [5, 5.41) is 0. The summed E-state index contributed by atoms with van der Waals surface area (Å²) in [5.74, 6) is 0. The molecule has 128 valence electrons. The predicted octanol–water partition coefficient (Wildman–Crippen LogP) is 7.45. The molecule has 3 rings (SSSR count). The lowest BCUT2D eigenvalue weighted by Crippen LogP contribution is -2.16. The van der Waals surface area contributed by atoms with E-state index in [9.17, 15) is 0 Å². The van der Waals surface area contributed by atoms with Crippen molar-refractivity contribution in [2.75, 3.05) is 0 Å². The molecule has 0 nitrogen and oxygen atoms in total. The molecule has 3 aromatic rings. The van der Waals surface area contributed by atoms with E-state index in [0.29, 0.717) is 0 Å². The lowest BCUT2D eigenvalue weighted by atomic mass is 10.1. The van der Waals surface area contributed by atoms with E-state index >= 15 is 0 Å². The molecule has 0 radical (unpaired) electrons. The fraction of sp³-hybridized carbons (Fsp3) is 0.217. The quantitative estimate of drug-likeness (QED) is 0.329. The molecule has 0 fully saturated rings. The van der Waals surface area contributed by atoms with Crippen LogP contribution in [-0.2, 0) is 4.08 Å². The van der Waals surface area contributed by atoms with Crippen LogP contribution in [0.5, 0.6) is 0 Å². The maximum absolute atomic E-state index is 2.29. The highest BCUT2D eigenvalue weighted by atomic mass is 32.2. The van der Waals surface area contributed by atoms with Crippen molar-refractivity contribution in [2.45, 2.75) is 41.1 Å². The van der Waals surface area contributed by atoms with Gasteiger partial charge in [-0.15, -0.1) is 23.5 Å². The van der Waals surface area contributed by atoms with Crippen LogP contribution in [0.25, 0.3) is 0 Å². The van der Waals surface area contributed by atoms with Gasteiger partial charge in [0.1, 0.15) is 0 Å². The average Bonchev–Trinajstić information content (AvgIpc) is 2.65. The minimum Gasteiger partial charge on any atom is -0.103 e. The molecule has 0 aliphatic carbocycles. The summed E-state index contributed by atoms with van der Waals surface area (Å²) >= 11 is 3.92. The summed E-state index contributed by atoms with van der Waals surface area (Å²) in [6, 6.07) is 28.6. The normalized spacial score (nSPS) is 11.5. The summed E-state index contributed by atoms with van der Waals surface area (Å²) < 4.78 is -0.0359. The van der Waals surface area contributed by atoms with Crippen LogP contribution in [-0.4, -0.2) is 0 Å². The fourth-order valence-corrected chi connectivity index (χ4v) is 5.62. The molecule has 0 aromatic heterocycles. The molecule has 0 saturated heterocycles. The molecular weight excluding hydrogens is 340 g/mol. The van der Waals surface area contributed by atoms with Gasteiger partial charge in [0.15, 0.2) is 0 Å². The fourth-order valence-electron chi connectivity index (χ4n) is 2.77. The molecule has 3 aromatic carbocycles. The van der Waals surface area contributed by atoms with Crippen LogP contribution < -0.4 is 0 Å². The van der Waals surface area contributed by atoms with Crippen molar-refractivity contribution < 1.29 is 0 Å². The molecule has 0 heterocycles. The Hall–Kier alpha value is -1.64. The second-order valence-corrected chi connectivity index (χ2v) is 9.31. The predicted molar refractivity (Wildman–Crippen MR) is 112 cm³/mol.